The molecule has 0 bridgehead atoms. The molecule has 100 valence electrons. The van der Waals surface area contributed by atoms with Crippen LogP contribution >= 0.6 is 15.9 Å². The Hall–Kier alpha value is -1.45. The summed E-state index contributed by atoms with van der Waals surface area (Å²) in [6.45, 7) is 0.864. The van der Waals surface area contributed by atoms with E-state index in [4.69, 9.17) is 5.26 Å². The van der Waals surface area contributed by atoms with Crippen molar-refractivity contribution in [1.82, 2.24) is 10.3 Å². The highest BCUT2D eigenvalue weighted by Gasteiger charge is 2.27. The van der Waals surface area contributed by atoms with Crippen molar-refractivity contribution in [3.05, 3.63) is 22.8 Å². The minimum atomic E-state index is -0.206. The monoisotopic (exact) mass is 322 g/mol. The number of pyridine rings is 1. The zero-order chi connectivity index (χ0) is 13.7. The Morgan fingerprint density at radius 2 is 2.42 bits per heavy atom. The molecule has 2 rings (SSSR count). The van der Waals surface area contributed by atoms with Gasteiger partial charge in [0.1, 0.15) is 17.0 Å². The number of hydrogen-bond donors (Lipinski definition) is 1. The maximum absolute atomic E-state index is 12.5. The van der Waals surface area contributed by atoms with Gasteiger partial charge in [-0.25, -0.2) is 4.98 Å². The molecule has 19 heavy (non-hydrogen) atoms. The van der Waals surface area contributed by atoms with Crippen molar-refractivity contribution in [1.29, 1.82) is 5.26 Å². The molecular weight excluding hydrogens is 308 g/mol. The highest BCUT2D eigenvalue weighted by atomic mass is 79.9. The molecule has 2 heterocycles. The highest BCUT2D eigenvalue weighted by Crippen LogP contribution is 2.18. The molecule has 1 unspecified atom stereocenters. The van der Waals surface area contributed by atoms with Gasteiger partial charge in [0.05, 0.1) is 12.1 Å². The minimum Gasteiger partial charge on any atom is -0.306 e. The quantitative estimate of drug-likeness (QED) is 0.681. The molecule has 1 aliphatic heterocycles. The lowest BCUT2D eigenvalue weighted by Gasteiger charge is -2.28. The Kier molecular flexibility index (Phi) is 4.88. The van der Waals surface area contributed by atoms with E-state index >= 15 is 0 Å². The molecule has 1 atom stereocenters. The number of hydrogen-bond acceptors (Lipinski definition) is 4. The first-order valence-corrected chi connectivity index (χ1v) is 7.06. The Bertz CT molecular complexity index is 494. The van der Waals surface area contributed by atoms with Gasteiger partial charge in [-0.1, -0.05) is 12.5 Å². The minimum absolute atomic E-state index is 0.0144. The van der Waals surface area contributed by atoms with Gasteiger partial charge < -0.3 is 5.32 Å². The number of piperidine rings is 1. The molecule has 0 aromatic carbocycles. The fourth-order valence-corrected chi connectivity index (χ4v) is 2.48. The van der Waals surface area contributed by atoms with Crippen LogP contribution in [0.3, 0.4) is 0 Å². The highest BCUT2D eigenvalue weighted by molar-refractivity contribution is 9.10. The second-order valence-electron chi connectivity index (χ2n) is 4.40. The average molecular weight is 323 g/mol. The Morgan fingerprint density at radius 3 is 3.05 bits per heavy atom. The van der Waals surface area contributed by atoms with Crippen molar-refractivity contribution in [2.45, 2.75) is 25.3 Å². The van der Waals surface area contributed by atoms with Crippen molar-refractivity contribution in [2.75, 3.05) is 18.0 Å². The summed E-state index contributed by atoms with van der Waals surface area (Å²) in [6, 6.07) is 7.15. The largest absolute Gasteiger partial charge is 0.306 e. The standard InChI is InChI=1S/C13H15BrN4O/c14-11-5-3-6-12(17-11)18(9-7-15)13(19)10-4-1-2-8-16-10/h3,5-6,10,16H,1-2,4,8-9H2. The molecule has 0 saturated carbocycles. The topological polar surface area (TPSA) is 69.0 Å². The summed E-state index contributed by atoms with van der Waals surface area (Å²) < 4.78 is 0.650. The van der Waals surface area contributed by atoms with E-state index in [0.29, 0.717) is 10.4 Å². The molecule has 1 N–H and O–H groups in total. The van der Waals surface area contributed by atoms with Gasteiger partial charge in [-0.3, -0.25) is 9.69 Å². The van der Waals surface area contributed by atoms with Crippen molar-refractivity contribution in [3.8, 4) is 6.07 Å². The van der Waals surface area contributed by atoms with E-state index in [1.54, 1.807) is 18.2 Å². The first-order valence-electron chi connectivity index (χ1n) is 6.26. The van der Waals surface area contributed by atoms with Gasteiger partial charge in [-0.2, -0.15) is 5.26 Å². The van der Waals surface area contributed by atoms with Gasteiger partial charge in [0, 0.05) is 0 Å². The number of nitriles is 1. The maximum Gasteiger partial charge on any atom is 0.246 e. The van der Waals surface area contributed by atoms with Crippen LogP contribution in [0.4, 0.5) is 5.82 Å². The number of aromatic nitrogens is 1. The van der Waals surface area contributed by atoms with Gasteiger partial charge in [0.25, 0.3) is 0 Å². The Labute approximate surface area is 120 Å². The smallest absolute Gasteiger partial charge is 0.246 e. The third-order valence-electron chi connectivity index (χ3n) is 3.08. The van der Waals surface area contributed by atoms with Crippen LogP contribution in [0.5, 0.6) is 0 Å². The second kappa shape index (κ2) is 6.64. The molecule has 1 saturated heterocycles. The van der Waals surface area contributed by atoms with Gasteiger partial charge in [0.15, 0.2) is 0 Å². The molecule has 1 aromatic heterocycles. The van der Waals surface area contributed by atoms with Crippen molar-refractivity contribution < 1.29 is 4.79 Å². The van der Waals surface area contributed by atoms with E-state index in [2.05, 4.69) is 26.2 Å². The molecule has 1 aromatic rings. The second-order valence-corrected chi connectivity index (χ2v) is 5.22. The number of halogens is 1. The Morgan fingerprint density at radius 1 is 1.58 bits per heavy atom. The van der Waals surface area contributed by atoms with Gasteiger partial charge in [-0.15, -0.1) is 0 Å². The van der Waals surface area contributed by atoms with Crippen LogP contribution in [0, 0.1) is 11.3 Å². The van der Waals surface area contributed by atoms with Crippen LogP contribution < -0.4 is 10.2 Å². The number of nitrogens with one attached hydrogen (secondary N) is 1. The number of nitrogens with zero attached hydrogens (tertiary/aromatic N) is 3. The summed E-state index contributed by atoms with van der Waals surface area (Å²) in [5.41, 5.74) is 0. The number of carbonyl (C=O) groups excluding carboxylic acids is 1. The summed E-state index contributed by atoms with van der Waals surface area (Å²) in [6.07, 6.45) is 2.95. The first kappa shape index (κ1) is 14.0. The van der Waals surface area contributed by atoms with E-state index in [1.807, 2.05) is 6.07 Å². The zero-order valence-electron chi connectivity index (χ0n) is 10.5. The van der Waals surface area contributed by atoms with E-state index in [0.717, 1.165) is 25.8 Å². The fraction of sp³-hybridized carbons (Fsp3) is 0.462. The number of amides is 1. The first-order chi connectivity index (χ1) is 9.22. The molecule has 5 nitrogen and oxygen atoms in total. The third-order valence-corrected chi connectivity index (χ3v) is 3.52. The molecule has 0 spiro atoms. The van der Waals surface area contributed by atoms with Gasteiger partial charge >= 0.3 is 0 Å². The predicted molar refractivity (Wildman–Crippen MR) is 75.5 cm³/mol. The normalized spacial score (nSPS) is 18.6. The summed E-state index contributed by atoms with van der Waals surface area (Å²) in [5, 5.41) is 12.1. The lowest BCUT2D eigenvalue weighted by atomic mass is 10.0. The molecule has 1 aliphatic rings. The molecule has 1 amide bonds. The van der Waals surface area contributed by atoms with Crippen molar-refractivity contribution in [2.24, 2.45) is 0 Å². The predicted octanol–water partition coefficient (Wildman–Crippen LogP) is 1.84. The van der Waals surface area contributed by atoms with Crippen LogP contribution in [-0.2, 0) is 4.79 Å². The third kappa shape index (κ3) is 3.52. The van der Waals surface area contributed by atoms with Crippen LogP contribution in [-0.4, -0.2) is 30.0 Å². The fourth-order valence-electron chi connectivity index (χ4n) is 2.14. The van der Waals surface area contributed by atoms with E-state index in [-0.39, 0.29) is 18.5 Å². The van der Waals surface area contributed by atoms with Crippen LogP contribution in [0.15, 0.2) is 22.8 Å². The van der Waals surface area contributed by atoms with Crippen molar-refractivity contribution >= 4 is 27.7 Å². The summed E-state index contributed by atoms with van der Waals surface area (Å²) in [7, 11) is 0. The summed E-state index contributed by atoms with van der Waals surface area (Å²) in [4.78, 5) is 18.1. The average Bonchev–Trinajstić information content (AvgIpc) is 2.45. The lowest BCUT2D eigenvalue weighted by Crippen LogP contribution is -2.49. The van der Waals surface area contributed by atoms with Gasteiger partial charge in [0.2, 0.25) is 5.91 Å². The Balaban J connectivity index is 2.19. The molecule has 6 heteroatoms. The molecular formula is C13H15BrN4O. The van der Waals surface area contributed by atoms with Gasteiger partial charge in [-0.05, 0) is 47.4 Å². The van der Waals surface area contributed by atoms with E-state index in [1.165, 1.54) is 4.90 Å². The number of carbonyl (C=O) groups is 1. The van der Waals surface area contributed by atoms with Crippen molar-refractivity contribution in [3.63, 3.8) is 0 Å². The maximum atomic E-state index is 12.5. The number of anilines is 1. The van der Waals surface area contributed by atoms with Crippen LogP contribution in [0.1, 0.15) is 19.3 Å². The number of rotatable bonds is 3. The van der Waals surface area contributed by atoms with Crippen LogP contribution in [0.2, 0.25) is 0 Å². The summed E-state index contributed by atoms with van der Waals surface area (Å²) >= 11 is 3.28. The summed E-state index contributed by atoms with van der Waals surface area (Å²) in [5.74, 6) is 0.431. The lowest BCUT2D eigenvalue weighted by molar-refractivity contribution is -0.121. The van der Waals surface area contributed by atoms with E-state index in [9.17, 15) is 4.79 Å². The molecule has 0 radical (unpaired) electrons. The van der Waals surface area contributed by atoms with Crippen LogP contribution in [0.25, 0.3) is 0 Å². The molecule has 0 aliphatic carbocycles. The van der Waals surface area contributed by atoms with E-state index < -0.39 is 0 Å². The zero-order valence-corrected chi connectivity index (χ0v) is 12.1. The SMILES string of the molecule is N#CCN(C(=O)C1CCCCN1)c1cccc(Br)n1. The molecule has 1 fully saturated rings.